The van der Waals surface area contributed by atoms with E-state index in [1.807, 2.05) is 0 Å². The second-order valence-electron chi connectivity index (χ2n) is 6.07. The lowest BCUT2D eigenvalue weighted by Crippen LogP contribution is -2.44. The fraction of sp³-hybridized carbons (Fsp3) is 0.938. The molecule has 6 heteroatoms. The maximum Gasteiger partial charge on any atom is 0.191 e. The Balaban J connectivity index is 1.70. The van der Waals surface area contributed by atoms with Crippen molar-refractivity contribution in [2.45, 2.75) is 45.3 Å². The first-order valence-corrected chi connectivity index (χ1v) is 8.75. The van der Waals surface area contributed by atoms with E-state index in [0.717, 1.165) is 64.9 Å². The minimum Gasteiger partial charge on any atom is -0.379 e. The Labute approximate surface area is 134 Å². The van der Waals surface area contributed by atoms with E-state index < -0.39 is 0 Å². The van der Waals surface area contributed by atoms with Gasteiger partial charge in [0.1, 0.15) is 0 Å². The molecule has 2 atom stereocenters. The fourth-order valence-corrected chi connectivity index (χ4v) is 2.92. The van der Waals surface area contributed by atoms with Crippen molar-refractivity contribution in [3.63, 3.8) is 0 Å². The van der Waals surface area contributed by atoms with Crippen molar-refractivity contribution in [3.05, 3.63) is 0 Å². The van der Waals surface area contributed by atoms with Gasteiger partial charge >= 0.3 is 0 Å². The van der Waals surface area contributed by atoms with Crippen LogP contribution < -0.4 is 10.6 Å². The SMILES string of the molecule is CCNC(=NCC(C)N1CCOCC1)NCCC1CCCO1. The van der Waals surface area contributed by atoms with Crippen LogP contribution in [0.4, 0.5) is 0 Å². The molecular formula is C16H32N4O2. The number of ether oxygens (including phenoxy) is 2. The molecule has 0 bridgehead atoms. The summed E-state index contributed by atoms with van der Waals surface area (Å²) in [5.74, 6) is 0.917. The van der Waals surface area contributed by atoms with E-state index in [1.165, 1.54) is 12.8 Å². The molecule has 0 amide bonds. The molecule has 0 aromatic rings. The van der Waals surface area contributed by atoms with Gasteiger partial charge in [-0.1, -0.05) is 0 Å². The number of rotatable bonds is 7. The molecule has 2 N–H and O–H groups in total. The molecule has 0 radical (unpaired) electrons. The molecule has 2 aliphatic heterocycles. The van der Waals surface area contributed by atoms with Gasteiger partial charge in [0.2, 0.25) is 0 Å². The van der Waals surface area contributed by atoms with Crippen molar-refractivity contribution >= 4 is 5.96 Å². The molecule has 2 heterocycles. The van der Waals surface area contributed by atoms with Crippen LogP contribution in [0.15, 0.2) is 4.99 Å². The van der Waals surface area contributed by atoms with Gasteiger partial charge < -0.3 is 20.1 Å². The highest BCUT2D eigenvalue weighted by Crippen LogP contribution is 2.14. The third-order valence-corrected chi connectivity index (χ3v) is 4.31. The first-order chi connectivity index (χ1) is 10.8. The largest absolute Gasteiger partial charge is 0.379 e. The summed E-state index contributed by atoms with van der Waals surface area (Å²) in [5, 5.41) is 6.74. The zero-order valence-electron chi connectivity index (χ0n) is 14.1. The second kappa shape index (κ2) is 10.0. The lowest BCUT2D eigenvalue weighted by Gasteiger charge is -2.31. The maximum absolute atomic E-state index is 5.65. The molecule has 22 heavy (non-hydrogen) atoms. The summed E-state index contributed by atoms with van der Waals surface area (Å²) in [6, 6.07) is 0.456. The predicted molar refractivity (Wildman–Crippen MR) is 89.4 cm³/mol. The third-order valence-electron chi connectivity index (χ3n) is 4.31. The molecule has 0 aromatic heterocycles. The summed E-state index contributed by atoms with van der Waals surface area (Å²) >= 11 is 0. The number of hydrogen-bond donors (Lipinski definition) is 2. The molecule has 0 saturated carbocycles. The molecule has 6 nitrogen and oxygen atoms in total. The van der Waals surface area contributed by atoms with Gasteiger partial charge in [-0.2, -0.15) is 0 Å². The topological polar surface area (TPSA) is 58.1 Å². The minimum atomic E-state index is 0.433. The summed E-state index contributed by atoms with van der Waals surface area (Å²) in [5.41, 5.74) is 0. The lowest BCUT2D eigenvalue weighted by atomic mass is 10.2. The second-order valence-corrected chi connectivity index (χ2v) is 6.07. The molecular weight excluding hydrogens is 280 g/mol. The fourth-order valence-electron chi connectivity index (χ4n) is 2.92. The summed E-state index contributed by atoms with van der Waals surface area (Å²) in [6.07, 6.45) is 3.89. The van der Waals surface area contributed by atoms with Gasteiger partial charge in [0.05, 0.1) is 25.9 Å². The van der Waals surface area contributed by atoms with E-state index in [0.29, 0.717) is 12.1 Å². The van der Waals surface area contributed by atoms with Crippen molar-refractivity contribution in [3.8, 4) is 0 Å². The quantitative estimate of drug-likeness (QED) is 0.539. The summed E-state index contributed by atoms with van der Waals surface area (Å²) in [6.45, 7) is 11.6. The van der Waals surface area contributed by atoms with Gasteiger partial charge in [-0.15, -0.1) is 0 Å². The minimum absolute atomic E-state index is 0.433. The molecule has 2 fully saturated rings. The van der Waals surface area contributed by atoms with Crippen molar-refractivity contribution in [1.82, 2.24) is 15.5 Å². The van der Waals surface area contributed by atoms with Crippen LogP contribution in [0, 0.1) is 0 Å². The van der Waals surface area contributed by atoms with E-state index in [4.69, 9.17) is 14.5 Å². The third kappa shape index (κ3) is 6.10. The van der Waals surface area contributed by atoms with Crippen molar-refractivity contribution < 1.29 is 9.47 Å². The standard InChI is InChI=1S/C16H32N4O2/c1-3-17-16(18-7-6-15-5-4-10-22-15)19-13-14(2)20-8-11-21-12-9-20/h14-15H,3-13H2,1-2H3,(H2,17,18,19). The molecule has 2 rings (SSSR count). The van der Waals surface area contributed by atoms with Gasteiger partial charge in [0, 0.05) is 38.8 Å². The number of morpholine rings is 1. The highest BCUT2D eigenvalue weighted by atomic mass is 16.5. The van der Waals surface area contributed by atoms with Gasteiger partial charge in [-0.05, 0) is 33.1 Å². The number of aliphatic imine (C=N–C) groups is 1. The van der Waals surface area contributed by atoms with Gasteiger partial charge in [0.25, 0.3) is 0 Å². The Hall–Kier alpha value is -0.850. The Morgan fingerprint density at radius 1 is 1.27 bits per heavy atom. The van der Waals surface area contributed by atoms with E-state index >= 15 is 0 Å². The molecule has 2 unspecified atom stereocenters. The van der Waals surface area contributed by atoms with Crippen molar-refractivity contribution in [2.75, 3.05) is 52.5 Å². The molecule has 0 aromatic carbocycles. The van der Waals surface area contributed by atoms with E-state index in [-0.39, 0.29) is 0 Å². The van der Waals surface area contributed by atoms with Crippen LogP contribution in [0.1, 0.15) is 33.1 Å². The van der Waals surface area contributed by atoms with Crippen LogP contribution in [-0.4, -0.2) is 75.5 Å². The van der Waals surface area contributed by atoms with Crippen LogP contribution in [0.3, 0.4) is 0 Å². The van der Waals surface area contributed by atoms with Crippen LogP contribution in [0.25, 0.3) is 0 Å². The monoisotopic (exact) mass is 312 g/mol. The summed E-state index contributed by atoms with van der Waals surface area (Å²) in [4.78, 5) is 7.17. The average molecular weight is 312 g/mol. The van der Waals surface area contributed by atoms with Crippen LogP contribution in [-0.2, 0) is 9.47 Å². The first-order valence-electron chi connectivity index (χ1n) is 8.75. The van der Waals surface area contributed by atoms with Crippen LogP contribution >= 0.6 is 0 Å². The molecule has 0 spiro atoms. The maximum atomic E-state index is 5.65. The van der Waals surface area contributed by atoms with Gasteiger partial charge in [-0.25, -0.2) is 0 Å². The molecule has 0 aliphatic carbocycles. The smallest absolute Gasteiger partial charge is 0.191 e. The van der Waals surface area contributed by atoms with Gasteiger partial charge in [-0.3, -0.25) is 9.89 Å². The molecule has 128 valence electrons. The van der Waals surface area contributed by atoms with Gasteiger partial charge in [0.15, 0.2) is 5.96 Å². The first kappa shape index (κ1) is 17.5. The van der Waals surface area contributed by atoms with Crippen LogP contribution in [0.5, 0.6) is 0 Å². The number of guanidine groups is 1. The average Bonchev–Trinajstić information content (AvgIpc) is 3.06. The Morgan fingerprint density at radius 3 is 2.77 bits per heavy atom. The van der Waals surface area contributed by atoms with E-state index in [2.05, 4.69) is 29.4 Å². The highest BCUT2D eigenvalue weighted by molar-refractivity contribution is 5.79. The highest BCUT2D eigenvalue weighted by Gasteiger charge is 2.17. The summed E-state index contributed by atoms with van der Waals surface area (Å²) < 4.78 is 11.1. The van der Waals surface area contributed by atoms with E-state index in [1.54, 1.807) is 0 Å². The Kier molecular flexibility index (Phi) is 7.98. The molecule has 2 saturated heterocycles. The summed E-state index contributed by atoms with van der Waals surface area (Å²) in [7, 11) is 0. The zero-order valence-corrected chi connectivity index (χ0v) is 14.1. The number of nitrogens with one attached hydrogen (secondary N) is 2. The normalized spacial score (nSPS) is 25.2. The number of nitrogens with zero attached hydrogens (tertiary/aromatic N) is 2. The van der Waals surface area contributed by atoms with Crippen molar-refractivity contribution in [2.24, 2.45) is 4.99 Å². The van der Waals surface area contributed by atoms with Crippen LogP contribution in [0.2, 0.25) is 0 Å². The van der Waals surface area contributed by atoms with E-state index in [9.17, 15) is 0 Å². The number of hydrogen-bond acceptors (Lipinski definition) is 4. The Morgan fingerprint density at radius 2 is 2.09 bits per heavy atom. The Bertz CT molecular complexity index is 326. The zero-order chi connectivity index (χ0) is 15.6. The van der Waals surface area contributed by atoms with Crippen molar-refractivity contribution in [1.29, 1.82) is 0 Å². The lowest BCUT2D eigenvalue weighted by molar-refractivity contribution is 0.0220. The predicted octanol–water partition coefficient (Wildman–Crippen LogP) is 0.831. The molecule has 2 aliphatic rings.